The van der Waals surface area contributed by atoms with Crippen LogP contribution in [0.15, 0.2) is 53.5 Å². The van der Waals surface area contributed by atoms with Gasteiger partial charge >= 0.3 is 0 Å². The molecule has 1 aromatic heterocycles. The molecule has 6 heteroatoms. The molecule has 0 radical (unpaired) electrons. The van der Waals surface area contributed by atoms with E-state index in [1.807, 2.05) is 24.3 Å². The standard InChI is InChI=1S/C19H26N4O.HI/c1-3-20-19(21-14-8-11-16-9-5-4-6-10-16)22-15-17-12-7-13-18(23-17)24-2;/h4-7,9-10,12-13H,3,8,11,14-15H2,1-2H3,(H2,20,21,22);1H. The van der Waals surface area contributed by atoms with E-state index in [0.717, 1.165) is 37.6 Å². The molecule has 0 bridgehead atoms. The highest BCUT2D eigenvalue weighted by molar-refractivity contribution is 14.0. The second-order valence-electron chi connectivity index (χ2n) is 5.38. The number of rotatable bonds is 8. The van der Waals surface area contributed by atoms with Gasteiger partial charge in [0.15, 0.2) is 5.96 Å². The lowest BCUT2D eigenvalue weighted by Gasteiger charge is -2.11. The summed E-state index contributed by atoms with van der Waals surface area (Å²) in [7, 11) is 1.62. The minimum absolute atomic E-state index is 0. The lowest BCUT2D eigenvalue weighted by molar-refractivity contribution is 0.396. The SMILES string of the molecule is CCNC(=NCc1cccc(OC)n1)NCCCc1ccccc1.I. The third kappa shape index (κ3) is 8.20. The summed E-state index contributed by atoms with van der Waals surface area (Å²) in [6.07, 6.45) is 2.12. The minimum Gasteiger partial charge on any atom is -0.481 e. The Hall–Kier alpha value is -1.83. The fraction of sp³-hybridized carbons (Fsp3) is 0.368. The van der Waals surface area contributed by atoms with Crippen LogP contribution in [0, 0.1) is 0 Å². The monoisotopic (exact) mass is 454 g/mol. The Morgan fingerprint density at radius 2 is 1.88 bits per heavy atom. The van der Waals surface area contributed by atoms with Gasteiger partial charge in [-0.25, -0.2) is 9.98 Å². The number of halogens is 1. The van der Waals surface area contributed by atoms with Crippen LogP contribution in [-0.2, 0) is 13.0 Å². The molecule has 0 unspecified atom stereocenters. The highest BCUT2D eigenvalue weighted by atomic mass is 127. The second kappa shape index (κ2) is 12.5. The van der Waals surface area contributed by atoms with Crippen molar-refractivity contribution in [1.29, 1.82) is 0 Å². The number of benzene rings is 1. The molecule has 136 valence electrons. The quantitative estimate of drug-likeness (QED) is 0.278. The van der Waals surface area contributed by atoms with E-state index in [4.69, 9.17) is 4.74 Å². The maximum atomic E-state index is 5.14. The third-order valence-corrected chi connectivity index (χ3v) is 3.51. The van der Waals surface area contributed by atoms with E-state index < -0.39 is 0 Å². The summed E-state index contributed by atoms with van der Waals surface area (Å²) in [4.78, 5) is 8.95. The zero-order valence-electron chi connectivity index (χ0n) is 14.9. The van der Waals surface area contributed by atoms with Gasteiger partial charge in [-0.2, -0.15) is 0 Å². The first-order chi connectivity index (χ1) is 11.8. The van der Waals surface area contributed by atoms with E-state index in [1.54, 1.807) is 7.11 Å². The van der Waals surface area contributed by atoms with Crippen LogP contribution >= 0.6 is 24.0 Å². The zero-order valence-corrected chi connectivity index (χ0v) is 17.2. The Bertz CT molecular complexity index is 634. The Balaban J connectivity index is 0.00000312. The number of nitrogens with zero attached hydrogens (tertiary/aromatic N) is 2. The summed E-state index contributed by atoms with van der Waals surface area (Å²) < 4.78 is 5.14. The number of aromatic nitrogens is 1. The van der Waals surface area contributed by atoms with Gasteiger partial charge in [-0.15, -0.1) is 24.0 Å². The molecule has 0 aliphatic rings. The average molecular weight is 454 g/mol. The predicted molar refractivity (Wildman–Crippen MR) is 114 cm³/mol. The summed E-state index contributed by atoms with van der Waals surface area (Å²) >= 11 is 0. The number of guanidine groups is 1. The second-order valence-corrected chi connectivity index (χ2v) is 5.38. The Morgan fingerprint density at radius 1 is 1.08 bits per heavy atom. The highest BCUT2D eigenvalue weighted by Crippen LogP contribution is 2.07. The van der Waals surface area contributed by atoms with Crippen molar-refractivity contribution in [3.63, 3.8) is 0 Å². The topological polar surface area (TPSA) is 58.5 Å². The maximum Gasteiger partial charge on any atom is 0.213 e. The number of hydrogen-bond acceptors (Lipinski definition) is 3. The summed E-state index contributed by atoms with van der Waals surface area (Å²) in [6, 6.07) is 16.2. The van der Waals surface area contributed by atoms with E-state index in [0.29, 0.717) is 12.4 Å². The van der Waals surface area contributed by atoms with Crippen molar-refractivity contribution in [3.8, 4) is 5.88 Å². The van der Waals surface area contributed by atoms with Gasteiger partial charge in [0.05, 0.1) is 19.3 Å². The first kappa shape index (κ1) is 21.2. The van der Waals surface area contributed by atoms with Crippen LogP contribution < -0.4 is 15.4 Å². The van der Waals surface area contributed by atoms with E-state index in [1.165, 1.54) is 5.56 Å². The summed E-state index contributed by atoms with van der Waals surface area (Å²) in [5.74, 6) is 1.43. The lowest BCUT2D eigenvalue weighted by atomic mass is 10.1. The van der Waals surface area contributed by atoms with Crippen LogP contribution in [-0.4, -0.2) is 31.1 Å². The number of aliphatic imine (C=N–C) groups is 1. The number of methoxy groups -OCH3 is 1. The van der Waals surface area contributed by atoms with Gasteiger partial charge in [0.1, 0.15) is 0 Å². The van der Waals surface area contributed by atoms with Crippen LogP contribution in [0.4, 0.5) is 0 Å². The van der Waals surface area contributed by atoms with Crippen LogP contribution in [0.5, 0.6) is 5.88 Å². The Kier molecular flexibility index (Phi) is 10.6. The molecule has 2 N–H and O–H groups in total. The third-order valence-electron chi connectivity index (χ3n) is 3.51. The molecule has 0 aliphatic heterocycles. The summed E-state index contributed by atoms with van der Waals surface area (Å²) in [5, 5.41) is 6.63. The van der Waals surface area contributed by atoms with Crippen molar-refractivity contribution < 1.29 is 4.74 Å². The maximum absolute atomic E-state index is 5.14. The zero-order chi connectivity index (χ0) is 17.0. The van der Waals surface area contributed by atoms with Crippen molar-refractivity contribution in [2.24, 2.45) is 4.99 Å². The molecule has 0 atom stereocenters. The molecule has 1 aromatic carbocycles. The largest absolute Gasteiger partial charge is 0.481 e. The number of aryl methyl sites for hydroxylation is 1. The van der Waals surface area contributed by atoms with Crippen molar-refractivity contribution in [2.75, 3.05) is 20.2 Å². The normalized spacial score (nSPS) is 10.7. The van der Waals surface area contributed by atoms with Crippen molar-refractivity contribution in [1.82, 2.24) is 15.6 Å². The molecule has 2 aromatic rings. The van der Waals surface area contributed by atoms with Crippen molar-refractivity contribution in [2.45, 2.75) is 26.3 Å². The summed E-state index contributed by atoms with van der Waals surface area (Å²) in [6.45, 7) is 4.29. The number of ether oxygens (including phenoxy) is 1. The molecule has 0 aliphatic carbocycles. The first-order valence-electron chi connectivity index (χ1n) is 8.38. The van der Waals surface area contributed by atoms with Crippen LogP contribution in [0.3, 0.4) is 0 Å². The lowest BCUT2D eigenvalue weighted by Crippen LogP contribution is -2.37. The number of nitrogens with one attached hydrogen (secondary N) is 2. The molecule has 0 saturated heterocycles. The van der Waals surface area contributed by atoms with Gasteiger partial charge in [0, 0.05) is 19.2 Å². The van der Waals surface area contributed by atoms with E-state index in [9.17, 15) is 0 Å². The molecule has 0 saturated carbocycles. The Labute approximate surface area is 167 Å². The fourth-order valence-corrected chi connectivity index (χ4v) is 2.31. The predicted octanol–water partition coefficient (Wildman–Crippen LogP) is 3.40. The Morgan fingerprint density at radius 3 is 2.60 bits per heavy atom. The average Bonchev–Trinajstić information content (AvgIpc) is 2.64. The molecule has 0 spiro atoms. The molecule has 0 fully saturated rings. The van der Waals surface area contributed by atoms with Gasteiger partial charge in [0.25, 0.3) is 0 Å². The molecule has 2 rings (SSSR count). The van der Waals surface area contributed by atoms with Crippen LogP contribution in [0.1, 0.15) is 24.6 Å². The molecule has 0 amide bonds. The van der Waals surface area contributed by atoms with Crippen molar-refractivity contribution in [3.05, 3.63) is 59.8 Å². The van der Waals surface area contributed by atoms with E-state index in [2.05, 4.69) is 51.8 Å². The molecular weight excluding hydrogens is 427 g/mol. The minimum atomic E-state index is 0. The van der Waals surface area contributed by atoms with Gasteiger partial charge in [-0.05, 0) is 31.4 Å². The van der Waals surface area contributed by atoms with E-state index in [-0.39, 0.29) is 24.0 Å². The van der Waals surface area contributed by atoms with Crippen LogP contribution in [0.2, 0.25) is 0 Å². The summed E-state index contributed by atoms with van der Waals surface area (Å²) in [5.41, 5.74) is 2.25. The fourth-order valence-electron chi connectivity index (χ4n) is 2.31. The van der Waals surface area contributed by atoms with Crippen molar-refractivity contribution >= 4 is 29.9 Å². The van der Waals surface area contributed by atoms with E-state index >= 15 is 0 Å². The number of pyridine rings is 1. The molecule has 1 heterocycles. The molecule has 25 heavy (non-hydrogen) atoms. The molecule has 5 nitrogen and oxygen atoms in total. The highest BCUT2D eigenvalue weighted by Gasteiger charge is 2.00. The van der Waals surface area contributed by atoms with Gasteiger partial charge in [-0.1, -0.05) is 36.4 Å². The van der Waals surface area contributed by atoms with Gasteiger partial charge in [-0.3, -0.25) is 0 Å². The van der Waals surface area contributed by atoms with Crippen LogP contribution in [0.25, 0.3) is 0 Å². The molecular formula is C19H27IN4O. The van der Waals surface area contributed by atoms with Gasteiger partial charge < -0.3 is 15.4 Å². The first-order valence-corrected chi connectivity index (χ1v) is 8.38. The number of hydrogen-bond donors (Lipinski definition) is 2. The van der Waals surface area contributed by atoms with Gasteiger partial charge in [0.2, 0.25) is 5.88 Å². The smallest absolute Gasteiger partial charge is 0.213 e.